The van der Waals surface area contributed by atoms with E-state index in [1.807, 2.05) is 13.8 Å². The number of aryl methyl sites for hydroxylation is 1. The lowest BCUT2D eigenvalue weighted by molar-refractivity contribution is -0.383. The van der Waals surface area contributed by atoms with Crippen LogP contribution in [0.4, 0.5) is 5.69 Å². The summed E-state index contributed by atoms with van der Waals surface area (Å²) in [6.07, 6.45) is 0.518. The number of fused-ring (bicyclic) bond motifs is 1. The van der Waals surface area contributed by atoms with Gasteiger partial charge in [0.2, 0.25) is 0 Å². The van der Waals surface area contributed by atoms with Crippen LogP contribution in [0.3, 0.4) is 0 Å². The predicted octanol–water partition coefficient (Wildman–Crippen LogP) is 4.04. The highest BCUT2D eigenvalue weighted by molar-refractivity contribution is 5.89. The largest absolute Gasteiger partial charge is 0.465 e. The van der Waals surface area contributed by atoms with Crippen LogP contribution in [0, 0.1) is 34.3 Å². The van der Waals surface area contributed by atoms with E-state index < -0.39 is 16.8 Å². The van der Waals surface area contributed by atoms with Crippen molar-refractivity contribution in [2.75, 3.05) is 6.61 Å². The number of carbonyl (C=O) groups is 1. The lowest BCUT2D eigenvalue weighted by Gasteiger charge is -2.18. The number of hydrogen-bond acceptors (Lipinski definition) is 6. The van der Waals surface area contributed by atoms with E-state index in [-0.39, 0.29) is 23.5 Å². The van der Waals surface area contributed by atoms with E-state index in [1.54, 1.807) is 25.1 Å². The normalized spacial score (nSPS) is 12.0. The second-order valence-electron chi connectivity index (χ2n) is 6.54. The standard InChI is InChI=1S/C19H21N3O4/c1-12(2)11-26-19(23)15(7-5-9-20)16-10-14-6-4-8-17(22(24)25)18(14)21-13(16)3/h4,6,8,10,12,15H,5,7,11H2,1-3H3. The minimum atomic E-state index is -0.621. The Hall–Kier alpha value is -3.01. The number of non-ortho nitro benzene ring substituents is 1. The molecule has 2 aromatic rings. The summed E-state index contributed by atoms with van der Waals surface area (Å²) in [6, 6.07) is 8.50. The molecular formula is C19H21N3O4. The fraction of sp³-hybridized carbons (Fsp3) is 0.421. The van der Waals surface area contributed by atoms with E-state index >= 15 is 0 Å². The van der Waals surface area contributed by atoms with Gasteiger partial charge in [-0.15, -0.1) is 0 Å². The molecule has 0 aliphatic heterocycles. The third-order valence-corrected chi connectivity index (χ3v) is 4.01. The van der Waals surface area contributed by atoms with Crippen LogP contribution in [0.5, 0.6) is 0 Å². The molecule has 1 aromatic heterocycles. The van der Waals surface area contributed by atoms with Crippen molar-refractivity contribution >= 4 is 22.6 Å². The molecule has 0 fully saturated rings. The van der Waals surface area contributed by atoms with Crippen molar-refractivity contribution in [3.05, 3.63) is 45.6 Å². The Morgan fingerprint density at radius 2 is 2.15 bits per heavy atom. The molecule has 0 radical (unpaired) electrons. The second-order valence-corrected chi connectivity index (χ2v) is 6.54. The molecule has 26 heavy (non-hydrogen) atoms. The number of esters is 1. The average molecular weight is 355 g/mol. The molecule has 0 spiro atoms. The highest BCUT2D eigenvalue weighted by Crippen LogP contribution is 2.31. The number of aromatic nitrogens is 1. The molecule has 0 saturated heterocycles. The Bertz CT molecular complexity index is 871. The van der Waals surface area contributed by atoms with Gasteiger partial charge in [-0.25, -0.2) is 4.98 Å². The van der Waals surface area contributed by atoms with Crippen LogP contribution >= 0.6 is 0 Å². The predicted molar refractivity (Wildman–Crippen MR) is 96.5 cm³/mol. The van der Waals surface area contributed by atoms with Crippen molar-refractivity contribution < 1.29 is 14.5 Å². The topological polar surface area (TPSA) is 106 Å². The Labute approximate surface area is 151 Å². The van der Waals surface area contributed by atoms with Gasteiger partial charge in [0.05, 0.1) is 23.5 Å². The van der Waals surface area contributed by atoms with Crippen LogP contribution < -0.4 is 0 Å². The van der Waals surface area contributed by atoms with Crippen LogP contribution in [0.2, 0.25) is 0 Å². The van der Waals surface area contributed by atoms with Gasteiger partial charge in [-0.3, -0.25) is 14.9 Å². The Balaban J connectivity index is 2.48. The minimum Gasteiger partial charge on any atom is -0.465 e. The van der Waals surface area contributed by atoms with Crippen LogP contribution in [0.1, 0.15) is 43.9 Å². The average Bonchev–Trinajstić information content (AvgIpc) is 2.59. The number of para-hydroxylation sites is 1. The van der Waals surface area contributed by atoms with Gasteiger partial charge in [-0.1, -0.05) is 26.0 Å². The zero-order valence-corrected chi connectivity index (χ0v) is 15.1. The fourth-order valence-corrected chi connectivity index (χ4v) is 2.75. The number of nitrogens with zero attached hydrogens (tertiary/aromatic N) is 3. The van der Waals surface area contributed by atoms with Gasteiger partial charge in [0, 0.05) is 23.6 Å². The number of pyridine rings is 1. The molecule has 1 aromatic carbocycles. The van der Waals surface area contributed by atoms with Crippen LogP contribution in [-0.4, -0.2) is 22.5 Å². The van der Waals surface area contributed by atoms with Gasteiger partial charge >= 0.3 is 5.97 Å². The Morgan fingerprint density at radius 3 is 2.77 bits per heavy atom. The van der Waals surface area contributed by atoms with Gasteiger partial charge in [-0.05, 0) is 30.9 Å². The highest BCUT2D eigenvalue weighted by Gasteiger charge is 2.26. The van der Waals surface area contributed by atoms with Crippen molar-refractivity contribution in [3.8, 4) is 6.07 Å². The van der Waals surface area contributed by atoms with Crippen LogP contribution in [0.25, 0.3) is 10.9 Å². The fourth-order valence-electron chi connectivity index (χ4n) is 2.75. The quantitative estimate of drug-likeness (QED) is 0.421. The van der Waals surface area contributed by atoms with E-state index in [9.17, 15) is 14.9 Å². The number of nitro groups is 1. The van der Waals surface area contributed by atoms with Crippen molar-refractivity contribution in [2.45, 2.75) is 39.5 Å². The monoisotopic (exact) mass is 355 g/mol. The van der Waals surface area contributed by atoms with Crippen molar-refractivity contribution in [2.24, 2.45) is 5.92 Å². The molecule has 0 saturated carbocycles. The van der Waals surface area contributed by atoms with Crippen LogP contribution in [-0.2, 0) is 9.53 Å². The maximum Gasteiger partial charge on any atom is 0.313 e. The summed E-state index contributed by atoms with van der Waals surface area (Å²) in [5.74, 6) is -0.817. The van der Waals surface area contributed by atoms with Crippen LogP contribution in [0.15, 0.2) is 24.3 Å². The lowest BCUT2D eigenvalue weighted by atomic mass is 9.92. The molecule has 0 amide bonds. The van der Waals surface area contributed by atoms with Gasteiger partial charge < -0.3 is 4.74 Å². The zero-order valence-electron chi connectivity index (χ0n) is 15.1. The highest BCUT2D eigenvalue weighted by atomic mass is 16.6. The van der Waals surface area contributed by atoms with Gasteiger partial charge in [0.25, 0.3) is 5.69 Å². The summed E-state index contributed by atoms with van der Waals surface area (Å²) >= 11 is 0. The summed E-state index contributed by atoms with van der Waals surface area (Å²) in [5.41, 5.74) is 1.37. The van der Waals surface area contributed by atoms with E-state index in [0.717, 1.165) is 0 Å². The molecule has 0 aliphatic carbocycles. The molecular weight excluding hydrogens is 334 g/mol. The molecule has 0 N–H and O–H groups in total. The number of nitro benzene ring substituents is 1. The summed E-state index contributed by atoms with van der Waals surface area (Å²) in [5, 5.41) is 20.7. The number of carbonyl (C=O) groups excluding carboxylic acids is 1. The third kappa shape index (κ3) is 4.33. The maximum atomic E-state index is 12.5. The zero-order chi connectivity index (χ0) is 19.3. The second kappa shape index (κ2) is 8.39. The first-order chi connectivity index (χ1) is 12.3. The smallest absolute Gasteiger partial charge is 0.313 e. The third-order valence-electron chi connectivity index (χ3n) is 4.01. The van der Waals surface area contributed by atoms with E-state index in [2.05, 4.69) is 11.1 Å². The first kappa shape index (κ1) is 19.3. The molecule has 2 rings (SSSR count). The molecule has 0 bridgehead atoms. The molecule has 1 unspecified atom stereocenters. The van der Waals surface area contributed by atoms with Gasteiger partial charge in [0.1, 0.15) is 5.52 Å². The lowest BCUT2D eigenvalue weighted by Crippen LogP contribution is -2.19. The number of rotatable bonds is 7. The molecule has 7 heteroatoms. The first-order valence-corrected chi connectivity index (χ1v) is 8.43. The first-order valence-electron chi connectivity index (χ1n) is 8.43. The SMILES string of the molecule is Cc1nc2c([N+](=O)[O-])cccc2cc1C(CCC#N)C(=O)OCC(C)C. The van der Waals surface area contributed by atoms with Crippen molar-refractivity contribution in [1.82, 2.24) is 4.98 Å². The van der Waals surface area contributed by atoms with Crippen molar-refractivity contribution in [3.63, 3.8) is 0 Å². The number of nitriles is 1. The Morgan fingerprint density at radius 1 is 1.42 bits per heavy atom. The van der Waals surface area contributed by atoms with E-state index in [0.29, 0.717) is 29.7 Å². The summed E-state index contributed by atoms with van der Waals surface area (Å²) in [7, 11) is 0. The van der Waals surface area contributed by atoms with Crippen molar-refractivity contribution in [1.29, 1.82) is 5.26 Å². The molecule has 0 aliphatic rings. The summed E-state index contributed by atoms with van der Waals surface area (Å²) in [4.78, 5) is 27.6. The number of hydrogen-bond donors (Lipinski definition) is 0. The number of benzene rings is 1. The van der Waals surface area contributed by atoms with Gasteiger partial charge in [-0.2, -0.15) is 5.26 Å². The molecule has 1 atom stereocenters. The van der Waals surface area contributed by atoms with E-state index in [4.69, 9.17) is 10.00 Å². The molecule has 7 nitrogen and oxygen atoms in total. The molecule has 1 heterocycles. The summed E-state index contributed by atoms with van der Waals surface area (Å²) < 4.78 is 5.36. The Kier molecular flexibility index (Phi) is 6.23. The minimum absolute atomic E-state index is 0.0758. The van der Waals surface area contributed by atoms with E-state index in [1.165, 1.54) is 6.07 Å². The maximum absolute atomic E-state index is 12.5. The van der Waals surface area contributed by atoms with Gasteiger partial charge in [0.15, 0.2) is 0 Å². The molecule has 136 valence electrons. The summed E-state index contributed by atoms with van der Waals surface area (Å²) in [6.45, 7) is 5.90. The number of ether oxygens (including phenoxy) is 1.